The van der Waals surface area contributed by atoms with Crippen LogP contribution >= 0.6 is 0 Å². The summed E-state index contributed by atoms with van der Waals surface area (Å²) in [5, 5.41) is 4.17. The van der Waals surface area contributed by atoms with E-state index in [4.69, 9.17) is 0 Å². The second kappa shape index (κ2) is 9.16. The van der Waals surface area contributed by atoms with Gasteiger partial charge in [-0.15, -0.1) is 0 Å². The highest BCUT2D eigenvalue weighted by molar-refractivity contribution is 5.80. The third-order valence-electron chi connectivity index (χ3n) is 5.88. The Morgan fingerprint density at radius 3 is 2.57 bits per heavy atom. The molecule has 0 spiro atoms. The van der Waals surface area contributed by atoms with Gasteiger partial charge in [-0.1, -0.05) is 61.7 Å². The number of fused-ring (bicyclic) bond motifs is 1. The van der Waals surface area contributed by atoms with Crippen molar-refractivity contribution in [2.45, 2.75) is 58.2 Å². The number of H-pyrrole nitrogens is 1. The van der Waals surface area contributed by atoms with Crippen LogP contribution < -0.4 is 10.9 Å². The maximum absolute atomic E-state index is 13.1. The number of pyridine rings is 1. The van der Waals surface area contributed by atoms with Gasteiger partial charge < -0.3 is 15.2 Å². The Morgan fingerprint density at radius 1 is 1.03 bits per heavy atom. The van der Waals surface area contributed by atoms with Gasteiger partial charge in [0.25, 0.3) is 5.56 Å². The number of carbonyl (C=O) groups excluding carboxylic acids is 1. The summed E-state index contributed by atoms with van der Waals surface area (Å²) in [7, 11) is 0. The van der Waals surface area contributed by atoms with Gasteiger partial charge in [-0.3, -0.25) is 4.79 Å². The van der Waals surface area contributed by atoms with E-state index >= 15 is 0 Å². The van der Waals surface area contributed by atoms with Crippen LogP contribution in [0.1, 0.15) is 48.8 Å². The molecule has 1 fully saturated rings. The molecule has 5 nitrogen and oxygen atoms in total. The van der Waals surface area contributed by atoms with E-state index in [9.17, 15) is 9.59 Å². The van der Waals surface area contributed by atoms with Crippen LogP contribution in [0.2, 0.25) is 0 Å². The number of nitrogens with zero attached hydrogens (tertiary/aromatic N) is 1. The summed E-state index contributed by atoms with van der Waals surface area (Å²) in [5.41, 5.74) is 3.43. The number of nitrogens with one attached hydrogen (secondary N) is 2. The van der Waals surface area contributed by atoms with Gasteiger partial charge in [0, 0.05) is 23.7 Å². The predicted molar refractivity (Wildman–Crippen MR) is 120 cm³/mol. The fraction of sp³-hybridized carbons (Fsp3) is 0.360. The van der Waals surface area contributed by atoms with E-state index < -0.39 is 0 Å². The lowest BCUT2D eigenvalue weighted by molar-refractivity contribution is 0.184. The van der Waals surface area contributed by atoms with Crippen molar-refractivity contribution in [1.82, 2.24) is 15.2 Å². The first-order chi connectivity index (χ1) is 14.6. The molecule has 4 rings (SSSR count). The summed E-state index contributed by atoms with van der Waals surface area (Å²) in [6, 6.07) is 18.0. The summed E-state index contributed by atoms with van der Waals surface area (Å²) < 4.78 is 0. The molecule has 0 saturated heterocycles. The first kappa shape index (κ1) is 20.2. The van der Waals surface area contributed by atoms with Crippen LogP contribution in [-0.2, 0) is 13.1 Å². The molecule has 2 amide bonds. The number of hydrogen-bond donors (Lipinski definition) is 2. The average molecular weight is 404 g/mol. The summed E-state index contributed by atoms with van der Waals surface area (Å²) in [5.74, 6) is 0. The summed E-state index contributed by atoms with van der Waals surface area (Å²) >= 11 is 0. The summed E-state index contributed by atoms with van der Waals surface area (Å²) in [4.78, 5) is 30.6. The van der Waals surface area contributed by atoms with E-state index in [0.717, 1.165) is 47.7 Å². The van der Waals surface area contributed by atoms with Crippen LogP contribution in [0, 0.1) is 6.92 Å². The molecule has 1 aliphatic rings. The van der Waals surface area contributed by atoms with Gasteiger partial charge in [-0.2, -0.15) is 0 Å². The molecule has 30 heavy (non-hydrogen) atoms. The number of aromatic amines is 1. The second-order valence-electron chi connectivity index (χ2n) is 8.34. The standard InChI is InChI=1S/C25H29N3O2/c1-18-12-13-20-15-21(24(29)27-23(20)14-18)17-28(16-19-8-4-2-5-9-19)25(30)26-22-10-6-3-7-11-22/h2,4-5,8-9,12-15,22H,3,6-7,10-11,16-17H2,1H3,(H,26,30)(H,27,29). The van der Waals surface area contributed by atoms with Crippen molar-refractivity contribution >= 4 is 16.9 Å². The molecule has 2 aromatic carbocycles. The molecule has 5 heteroatoms. The maximum Gasteiger partial charge on any atom is 0.318 e. The van der Waals surface area contributed by atoms with Gasteiger partial charge >= 0.3 is 6.03 Å². The molecule has 3 aromatic rings. The van der Waals surface area contributed by atoms with E-state index in [1.807, 2.05) is 61.5 Å². The molecule has 0 radical (unpaired) electrons. The molecule has 0 aliphatic heterocycles. The predicted octanol–water partition coefficient (Wildman–Crippen LogP) is 4.88. The van der Waals surface area contributed by atoms with Gasteiger partial charge in [0.1, 0.15) is 0 Å². The van der Waals surface area contributed by atoms with Crippen molar-refractivity contribution in [3.05, 3.63) is 81.6 Å². The highest BCUT2D eigenvalue weighted by Crippen LogP contribution is 2.19. The van der Waals surface area contributed by atoms with Crippen molar-refractivity contribution < 1.29 is 4.79 Å². The summed E-state index contributed by atoms with van der Waals surface area (Å²) in [6.45, 7) is 2.74. The SMILES string of the molecule is Cc1ccc2cc(CN(Cc3ccccc3)C(=O)NC3CCCCC3)c(=O)[nH]c2c1. The van der Waals surface area contributed by atoms with Crippen LogP contribution in [-0.4, -0.2) is 22.0 Å². The normalized spacial score (nSPS) is 14.6. The number of carbonyl (C=O) groups is 1. The Kier molecular flexibility index (Phi) is 6.17. The number of urea groups is 1. The Labute approximate surface area is 177 Å². The zero-order chi connectivity index (χ0) is 20.9. The summed E-state index contributed by atoms with van der Waals surface area (Å²) in [6.07, 6.45) is 5.62. The Morgan fingerprint density at radius 2 is 1.80 bits per heavy atom. The minimum atomic E-state index is -0.142. The third kappa shape index (κ3) is 4.90. The van der Waals surface area contributed by atoms with E-state index in [0.29, 0.717) is 12.1 Å². The van der Waals surface area contributed by atoms with Crippen LogP contribution in [0.5, 0.6) is 0 Å². The fourth-order valence-corrected chi connectivity index (χ4v) is 4.20. The van der Waals surface area contributed by atoms with Gasteiger partial charge in [-0.05, 0) is 48.4 Å². The molecule has 0 atom stereocenters. The smallest absolute Gasteiger partial charge is 0.318 e. The molecule has 2 N–H and O–H groups in total. The van der Waals surface area contributed by atoms with Crippen LogP contribution in [0.4, 0.5) is 4.79 Å². The van der Waals surface area contributed by atoms with E-state index in [1.165, 1.54) is 6.42 Å². The number of aromatic nitrogens is 1. The minimum absolute atomic E-state index is 0.103. The van der Waals surface area contributed by atoms with Crippen LogP contribution in [0.15, 0.2) is 59.4 Å². The lowest BCUT2D eigenvalue weighted by Gasteiger charge is -2.28. The molecular formula is C25H29N3O2. The Bertz CT molecular complexity index is 1070. The highest BCUT2D eigenvalue weighted by atomic mass is 16.2. The van der Waals surface area contributed by atoms with Gasteiger partial charge in [-0.25, -0.2) is 4.79 Å². The number of amides is 2. The van der Waals surface area contributed by atoms with Crippen molar-refractivity contribution in [1.29, 1.82) is 0 Å². The number of rotatable bonds is 5. The van der Waals surface area contributed by atoms with Crippen molar-refractivity contribution in [3.8, 4) is 0 Å². The zero-order valence-corrected chi connectivity index (χ0v) is 17.5. The molecule has 0 bridgehead atoms. The van der Waals surface area contributed by atoms with Crippen LogP contribution in [0.3, 0.4) is 0 Å². The maximum atomic E-state index is 13.1. The minimum Gasteiger partial charge on any atom is -0.335 e. The quantitative estimate of drug-likeness (QED) is 0.638. The second-order valence-corrected chi connectivity index (χ2v) is 8.34. The molecule has 1 heterocycles. The van der Waals surface area contributed by atoms with E-state index in [-0.39, 0.29) is 24.2 Å². The zero-order valence-electron chi connectivity index (χ0n) is 17.5. The van der Waals surface area contributed by atoms with Crippen molar-refractivity contribution in [2.24, 2.45) is 0 Å². The molecule has 1 aromatic heterocycles. The fourth-order valence-electron chi connectivity index (χ4n) is 4.20. The molecule has 0 unspecified atom stereocenters. The lowest BCUT2D eigenvalue weighted by Crippen LogP contribution is -2.45. The van der Waals surface area contributed by atoms with E-state index in [2.05, 4.69) is 10.3 Å². The Hall–Kier alpha value is -3.08. The van der Waals surface area contributed by atoms with Gasteiger partial charge in [0.2, 0.25) is 0 Å². The van der Waals surface area contributed by atoms with Gasteiger partial charge in [0.05, 0.1) is 6.54 Å². The lowest BCUT2D eigenvalue weighted by atomic mass is 9.96. The topological polar surface area (TPSA) is 65.2 Å². The number of aryl methyl sites for hydroxylation is 1. The monoisotopic (exact) mass is 403 g/mol. The van der Waals surface area contributed by atoms with Gasteiger partial charge in [0.15, 0.2) is 0 Å². The third-order valence-corrected chi connectivity index (χ3v) is 5.88. The molecular weight excluding hydrogens is 374 g/mol. The molecule has 1 saturated carbocycles. The highest BCUT2D eigenvalue weighted by Gasteiger charge is 2.21. The largest absolute Gasteiger partial charge is 0.335 e. The number of hydrogen-bond acceptors (Lipinski definition) is 2. The van der Waals surface area contributed by atoms with Crippen LogP contribution in [0.25, 0.3) is 10.9 Å². The van der Waals surface area contributed by atoms with E-state index in [1.54, 1.807) is 4.90 Å². The average Bonchev–Trinajstić information content (AvgIpc) is 2.75. The molecule has 156 valence electrons. The molecule has 1 aliphatic carbocycles. The Balaban J connectivity index is 1.59. The van der Waals surface area contributed by atoms with Crippen molar-refractivity contribution in [2.75, 3.05) is 0 Å². The number of benzene rings is 2. The van der Waals surface area contributed by atoms with Crippen molar-refractivity contribution in [3.63, 3.8) is 0 Å². The first-order valence-corrected chi connectivity index (χ1v) is 10.8. The first-order valence-electron chi connectivity index (χ1n) is 10.8.